The van der Waals surface area contributed by atoms with Crippen molar-refractivity contribution in [2.24, 2.45) is 0 Å². The highest BCUT2D eigenvalue weighted by Crippen LogP contribution is 2.19. The van der Waals surface area contributed by atoms with Crippen molar-refractivity contribution in [1.29, 1.82) is 5.41 Å². The fourth-order valence-electron chi connectivity index (χ4n) is 3.66. The van der Waals surface area contributed by atoms with Crippen molar-refractivity contribution in [1.82, 2.24) is 10.2 Å². The summed E-state index contributed by atoms with van der Waals surface area (Å²) in [5.41, 5.74) is 3.00. The fourth-order valence-corrected chi connectivity index (χ4v) is 3.66. The van der Waals surface area contributed by atoms with Crippen LogP contribution in [-0.4, -0.2) is 48.5 Å². The van der Waals surface area contributed by atoms with Crippen LogP contribution in [0.25, 0.3) is 0 Å². The zero-order valence-electron chi connectivity index (χ0n) is 19.8. The quantitative estimate of drug-likeness (QED) is 0.243. The Morgan fingerprint density at radius 2 is 1.82 bits per heavy atom. The molecule has 2 aromatic carbocycles. The molecule has 2 aromatic rings. The molecular weight excluding hydrogens is 428 g/mol. The lowest BCUT2D eigenvalue weighted by atomic mass is 10.1. The van der Waals surface area contributed by atoms with Crippen molar-refractivity contribution in [2.75, 3.05) is 25.0 Å². The highest BCUT2D eigenvalue weighted by Gasteiger charge is 2.25. The minimum absolute atomic E-state index is 0.00560. The largest absolute Gasteiger partial charge is 0.449 e. The van der Waals surface area contributed by atoms with Gasteiger partial charge in [-0.2, -0.15) is 0 Å². The number of hydrogen-bond acceptors (Lipinski definition) is 5. The van der Waals surface area contributed by atoms with Crippen molar-refractivity contribution in [3.63, 3.8) is 0 Å². The SMILES string of the molecule is CCCCOC(=O)NC(=N)c1ccc(NCC#Cc2ccc(C(=O)N3CCCC3C)cc2)cc1. The molecule has 1 saturated heterocycles. The van der Waals surface area contributed by atoms with E-state index in [-0.39, 0.29) is 11.7 Å². The number of hydrogen-bond donors (Lipinski definition) is 3. The van der Waals surface area contributed by atoms with Gasteiger partial charge in [-0.15, -0.1) is 0 Å². The van der Waals surface area contributed by atoms with Crippen LogP contribution in [0.3, 0.4) is 0 Å². The molecule has 7 nitrogen and oxygen atoms in total. The molecule has 1 heterocycles. The molecule has 1 aliphatic rings. The molecule has 0 bridgehead atoms. The van der Waals surface area contributed by atoms with E-state index < -0.39 is 6.09 Å². The summed E-state index contributed by atoms with van der Waals surface area (Å²) < 4.78 is 5.01. The number of rotatable bonds is 7. The first-order valence-electron chi connectivity index (χ1n) is 11.7. The Morgan fingerprint density at radius 1 is 1.12 bits per heavy atom. The Labute approximate surface area is 201 Å². The van der Waals surface area contributed by atoms with Crippen LogP contribution in [0.2, 0.25) is 0 Å². The van der Waals surface area contributed by atoms with Crippen molar-refractivity contribution in [3.8, 4) is 11.8 Å². The predicted molar refractivity (Wildman–Crippen MR) is 134 cm³/mol. The third-order valence-corrected chi connectivity index (χ3v) is 5.69. The lowest BCUT2D eigenvalue weighted by Gasteiger charge is -2.21. The second-order valence-corrected chi connectivity index (χ2v) is 8.29. The van der Waals surface area contributed by atoms with Crippen LogP contribution in [0, 0.1) is 17.3 Å². The molecule has 178 valence electrons. The van der Waals surface area contributed by atoms with Crippen LogP contribution < -0.4 is 10.6 Å². The van der Waals surface area contributed by atoms with E-state index in [1.165, 1.54) is 0 Å². The number of ether oxygens (including phenoxy) is 1. The first-order valence-corrected chi connectivity index (χ1v) is 11.7. The molecule has 34 heavy (non-hydrogen) atoms. The van der Waals surface area contributed by atoms with Gasteiger partial charge in [0.25, 0.3) is 5.91 Å². The van der Waals surface area contributed by atoms with Gasteiger partial charge >= 0.3 is 6.09 Å². The molecule has 3 rings (SSSR count). The average molecular weight is 461 g/mol. The van der Waals surface area contributed by atoms with Gasteiger partial charge in [0.15, 0.2) is 0 Å². The molecule has 1 aliphatic heterocycles. The molecule has 0 saturated carbocycles. The normalized spacial score (nSPS) is 14.6. The Bertz CT molecular complexity index is 1050. The third-order valence-electron chi connectivity index (χ3n) is 5.69. The standard InChI is InChI=1S/C27H32N4O3/c1-3-4-19-34-27(33)30-25(28)22-13-15-24(16-14-22)29-17-5-8-21-9-11-23(12-10-21)26(32)31-18-6-7-20(31)2/h9-16,20,29H,3-4,6-7,17-19H2,1-2H3,(H2,28,30,33). The smallest absolute Gasteiger partial charge is 0.412 e. The van der Waals surface area contributed by atoms with Gasteiger partial charge in [-0.3, -0.25) is 15.5 Å². The van der Waals surface area contributed by atoms with E-state index in [2.05, 4.69) is 29.4 Å². The molecule has 0 radical (unpaired) electrons. The minimum atomic E-state index is -0.612. The summed E-state index contributed by atoms with van der Waals surface area (Å²) in [6, 6.07) is 14.9. The van der Waals surface area contributed by atoms with Crippen LogP contribution in [0.15, 0.2) is 48.5 Å². The number of anilines is 1. The van der Waals surface area contributed by atoms with Gasteiger partial charge in [0.05, 0.1) is 13.2 Å². The van der Waals surface area contributed by atoms with Crippen LogP contribution in [0.4, 0.5) is 10.5 Å². The number of nitrogens with one attached hydrogen (secondary N) is 3. The summed E-state index contributed by atoms with van der Waals surface area (Å²) >= 11 is 0. The number of likely N-dealkylation sites (tertiary alicyclic amines) is 1. The number of amides is 2. The Balaban J connectivity index is 1.45. The molecule has 0 spiro atoms. The predicted octanol–water partition coefficient (Wildman–Crippen LogP) is 4.63. The summed E-state index contributed by atoms with van der Waals surface area (Å²) in [7, 11) is 0. The highest BCUT2D eigenvalue weighted by atomic mass is 16.5. The van der Waals surface area contributed by atoms with Crippen LogP contribution in [0.5, 0.6) is 0 Å². The molecule has 0 aliphatic carbocycles. The van der Waals surface area contributed by atoms with Gasteiger partial charge in [0.2, 0.25) is 0 Å². The van der Waals surface area contributed by atoms with E-state index in [0.717, 1.165) is 43.5 Å². The number of alkyl carbamates (subject to hydrolysis) is 1. The average Bonchev–Trinajstić information content (AvgIpc) is 3.28. The van der Waals surface area contributed by atoms with Gasteiger partial charge in [-0.25, -0.2) is 4.79 Å². The summed E-state index contributed by atoms with van der Waals surface area (Å²) in [5.74, 6) is 6.26. The lowest BCUT2D eigenvalue weighted by molar-refractivity contribution is 0.0747. The van der Waals surface area contributed by atoms with Gasteiger partial charge in [-0.1, -0.05) is 25.2 Å². The number of carbonyl (C=O) groups is 2. The number of carbonyl (C=O) groups excluding carboxylic acids is 2. The maximum Gasteiger partial charge on any atom is 0.412 e. The maximum atomic E-state index is 12.6. The number of nitrogens with zero attached hydrogens (tertiary/aromatic N) is 1. The summed E-state index contributed by atoms with van der Waals surface area (Å²) in [4.78, 5) is 26.2. The van der Waals surface area contributed by atoms with Crippen molar-refractivity contribution >= 4 is 23.5 Å². The molecule has 0 aromatic heterocycles. The molecule has 1 unspecified atom stereocenters. The zero-order chi connectivity index (χ0) is 24.3. The number of benzene rings is 2. The molecule has 3 N–H and O–H groups in total. The van der Waals surface area contributed by atoms with Crippen LogP contribution in [0.1, 0.15) is 61.0 Å². The van der Waals surface area contributed by atoms with Crippen LogP contribution in [-0.2, 0) is 4.74 Å². The second-order valence-electron chi connectivity index (χ2n) is 8.29. The molecule has 2 amide bonds. The highest BCUT2D eigenvalue weighted by molar-refractivity contribution is 6.04. The van der Waals surface area contributed by atoms with Crippen molar-refractivity contribution < 1.29 is 14.3 Å². The second kappa shape index (κ2) is 12.4. The molecule has 1 atom stereocenters. The Hall–Kier alpha value is -3.79. The molecular formula is C27H32N4O3. The number of unbranched alkanes of at least 4 members (excludes halogenated alkanes) is 1. The third kappa shape index (κ3) is 7.11. The van der Waals surface area contributed by atoms with Gasteiger partial charge in [0.1, 0.15) is 5.84 Å². The summed E-state index contributed by atoms with van der Waals surface area (Å²) in [6.45, 7) is 5.74. The maximum absolute atomic E-state index is 12.6. The first-order chi connectivity index (χ1) is 16.5. The first kappa shape index (κ1) is 24.8. The van der Waals surface area contributed by atoms with Crippen molar-refractivity contribution in [2.45, 2.75) is 45.6 Å². The Kier molecular flexibility index (Phi) is 9.10. The van der Waals surface area contributed by atoms with Gasteiger partial charge < -0.3 is 15.0 Å². The van der Waals surface area contributed by atoms with E-state index in [1.54, 1.807) is 12.1 Å². The number of amidine groups is 1. The van der Waals surface area contributed by atoms with Gasteiger partial charge in [-0.05, 0) is 74.7 Å². The summed E-state index contributed by atoms with van der Waals surface area (Å²) in [6.07, 6.45) is 3.26. The van der Waals surface area contributed by atoms with Crippen molar-refractivity contribution in [3.05, 3.63) is 65.2 Å². The summed E-state index contributed by atoms with van der Waals surface area (Å²) in [5, 5.41) is 13.6. The Morgan fingerprint density at radius 3 is 2.47 bits per heavy atom. The van der Waals surface area contributed by atoms with E-state index in [9.17, 15) is 9.59 Å². The zero-order valence-corrected chi connectivity index (χ0v) is 19.8. The van der Waals surface area contributed by atoms with Crippen LogP contribution >= 0.6 is 0 Å². The van der Waals surface area contributed by atoms with E-state index >= 15 is 0 Å². The minimum Gasteiger partial charge on any atom is -0.449 e. The monoisotopic (exact) mass is 460 g/mol. The van der Waals surface area contributed by atoms with Gasteiger partial charge in [0, 0.05) is 35.0 Å². The molecule has 7 heteroatoms. The fraction of sp³-hybridized carbons (Fsp3) is 0.370. The van der Waals surface area contributed by atoms with E-state index in [4.69, 9.17) is 10.1 Å². The topological polar surface area (TPSA) is 94.5 Å². The lowest BCUT2D eigenvalue weighted by Crippen LogP contribution is -2.33. The molecule has 1 fully saturated rings. The van der Waals surface area contributed by atoms with E-state index in [1.807, 2.05) is 48.2 Å². The van der Waals surface area contributed by atoms with E-state index in [0.29, 0.717) is 30.3 Å².